The van der Waals surface area contributed by atoms with Crippen molar-refractivity contribution in [2.24, 2.45) is 5.11 Å². The van der Waals surface area contributed by atoms with Gasteiger partial charge >= 0.3 is 0 Å². The Labute approximate surface area is 148 Å². The predicted octanol–water partition coefficient (Wildman–Crippen LogP) is 3.89. The molecule has 1 heterocycles. The van der Waals surface area contributed by atoms with Crippen LogP contribution in [0.15, 0.2) is 17.2 Å². The molecule has 2 rings (SSSR count). The van der Waals surface area contributed by atoms with E-state index in [1.807, 2.05) is 20.8 Å². The van der Waals surface area contributed by atoms with Crippen LogP contribution >= 0.6 is 0 Å². The van der Waals surface area contributed by atoms with E-state index in [1.54, 1.807) is 6.92 Å². The molecular weight excluding hydrogens is 350 g/mol. The predicted molar refractivity (Wildman–Crippen MR) is 92.9 cm³/mol. The SMILES string of the molecule is C[C@@H](N[S@](=O)C(C)(C)C)c1cc(F)cc2c1OC(CF)(CN=[N+]=[N-])C2. The molecule has 0 aromatic heterocycles. The second-order valence-corrected chi connectivity index (χ2v) is 9.19. The smallest absolute Gasteiger partial charge is 0.147 e. The maximum absolute atomic E-state index is 14.0. The number of hydrogen-bond acceptors (Lipinski definition) is 3. The van der Waals surface area contributed by atoms with Gasteiger partial charge in [0.05, 0.1) is 22.3 Å². The summed E-state index contributed by atoms with van der Waals surface area (Å²) in [6, 6.07) is 2.11. The Kier molecular flexibility index (Phi) is 5.71. The summed E-state index contributed by atoms with van der Waals surface area (Å²) < 4.78 is 48.1. The van der Waals surface area contributed by atoms with Crippen LogP contribution in [0.3, 0.4) is 0 Å². The summed E-state index contributed by atoms with van der Waals surface area (Å²) >= 11 is 0. The standard InChI is InChI=1S/C16H22F2N4O2S/c1-10(21-25(23)15(2,3)4)13-6-12(18)5-11-7-16(8-17,9-20-22-19)24-14(11)13/h5-6,10,21H,7-9H2,1-4H3/t10-,16?,25-/m1/s1. The third-order valence-electron chi connectivity index (χ3n) is 3.96. The van der Waals surface area contributed by atoms with E-state index in [0.29, 0.717) is 16.9 Å². The van der Waals surface area contributed by atoms with Crippen molar-refractivity contribution in [2.75, 3.05) is 13.2 Å². The highest BCUT2D eigenvalue weighted by atomic mass is 32.2. The highest BCUT2D eigenvalue weighted by Gasteiger charge is 2.41. The van der Waals surface area contributed by atoms with Gasteiger partial charge in [0.1, 0.15) is 23.8 Å². The van der Waals surface area contributed by atoms with Gasteiger partial charge in [0, 0.05) is 28.5 Å². The quantitative estimate of drug-likeness (QED) is 0.466. The Morgan fingerprint density at radius 2 is 2.20 bits per heavy atom. The van der Waals surface area contributed by atoms with Gasteiger partial charge in [-0.3, -0.25) is 0 Å². The second-order valence-electron chi connectivity index (χ2n) is 7.19. The monoisotopic (exact) mass is 372 g/mol. The van der Waals surface area contributed by atoms with Crippen LogP contribution in [-0.2, 0) is 17.4 Å². The lowest BCUT2D eigenvalue weighted by Crippen LogP contribution is -2.40. The summed E-state index contributed by atoms with van der Waals surface area (Å²) in [6.45, 7) is 6.16. The number of alkyl halides is 1. The van der Waals surface area contributed by atoms with Crippen molar-refractivity contribution in [3.05, 3.63) is 39.5 Å². The number of ether oxygens (including phenoxy) is 1. The van der Waals surface area contributed by atoms with Crippen LogP contribution in [-0.4, -0.2) is 27.8 Å². The van der Waals surface area contributed by atoms with Crippen molar-refractivity contribution in [1.82, 2.24) is 4.72 Å². The van der Waals surface area contributed by atoms with Crippen LogP contribution in [0, 0.1) is 5.82 Å². The lowest BCUT2D eigenvalue weighted by Gasteiger charge is -2.26. The van der Waals surface area contributed by atoms with E-state index in [2.05, 4.69) is 14.7 Å². The molecule has 0 saturated heterocycles. The number of halogens is 2. The van der Waals surface area contributed by atoms with Gasteiger partial charge < -0.3 is 4.74 Å². The third-order valence-corrected chi connectivity index (χ3v) is 5.64. The summed E-state index contributed by atoms with van der Waals surface area (Å²) in [5.41, 5.74) is 8.14. The highest BCUT2D eigenvalue weighted by molar-refractivity contribution is 7.84. The van der Waals surface area contributed by atoms with Crippen LogP contribution in [0.1, 0.15) is 44.9 Å². The Morgan fingerprint density at radius 3 is 2.76 bits per heavy atom. The Hall–Kier alpha value is -1.70. The fourth-order valence-corrected chi connectivity index (χ4v) is 3.42. The van der Waals surface area contributed by atoms with Crippen LogP contribution in [0.25, 0.3) is 10.4 Å². The largest absolute Gasteiger partial charge is 0.483 e. The molecule has 6 nitrogen and oxygen atoms in total. The molecule has 0 bridgehead atoms. The van der Waals surface area contributed by atoms with Gasteiger partial charge in [0.15, 0.2) is 0 Å². The van der Waals surface area contributed by atoms with Gasteiger partial charge in [0.25, 0.3) is 0 Å². The minimum atomic E-state index is -1.37. The molecular formula is C16H22F2N4O2S. The minimum Gasteiger partial charge on any atom is -0.483 e. The van der Waals surface area contributed by atoms with Crippen molar-refractivity contribution in [3.63, 3.8) is 0 Å². The average molecular weight is 372 g/mol. The first-order valence-corrected chi connectivity index (χ1v) is 9.03. The zero-order valence-corrected chi connectivity index (χ0v) is 15.5. The third kappa shape index (κ3) is 4.29. The minimum absolute atomic E-state index is 0.109. The number of rotatable bonds is 6. The fraction of sp³-hybridized carbons (Fsp3) is 0.625. The molecule has 1 aromatic rings. The van der Waals surface area contributed by atoms with E-state index < -0.39 is 39.9 Å². The van der Waals surface area contributed by atoms with E-state index in [9.17, 15) is 13.0 Å². The summed E-state index contributed by atoms with van der Waals surface area (Å²) in [5.74, 6) is -0.121. The zero-order chi connectivity index (χ0) is 18.8. The second kappa shape index (κ2) is 7.27. The number of hydrogen-bond donors (Lipinski definition) is 1. The number of nitrogens with zero attached hydrogens (tertiary/aromatic N) is 3. The van der Waals surface area contributed by atoms with E-state index in [1.165, 1.54) is 12.1 Å². The topological polar surface area (TPSA) is 87.1 Å². The fourth-order valence-electron chi connectivity index (χ4n) is 2.62. The molecule has 1 aliphatic rings. The first-order valence-electron chi connectivity index (χ1n) is 7.88. The molecule has 138 valence electrons. The molecule has 1 aliphatic heterocycles. The van der Waals surface area contributed by atoms with Gasteiger partial charge in [0.2, 0.25) is 0 Å². The zero-order valence-electron chi connectivity index (χ0n) is 14.7. The molecule has 0 radical (unpaired) electrons. The number of fused-ring (bicyclic) bond motifs is 1. The molecule has 1 aromatic carbocycles. The van der Waals surface area contributed by atoms with Gasteiger partial charge in [-0.25, -0.2) is 17.7 Å². The van der Waals surface area contributed by atoms with E-state index in [4.69, 9.17) is 10.3 Å². The van der Waals surface area contributed by atoms with E-state index in [-0.39, 0.29) is 13.0 Å². The summed E-state index contributed by atoms with van der Waals surface area (Å²) in [7, 11) is -1.37. The van der Waals surface area contributed by atoms with Crippen LogP contribution in [0.2, 0.25) is 0 Å². The number of nitrogens with one attached hydrogen (secondary N) is 1. The van der Waals surface area contributed by atoms with Crippen LogP contribution in [0.4, 0.5) is 8.78 Å². The molecule has 9 heteroatoms. The van der Waals surface area contributed by atoms with Crippen LogP contribution in [0.5, 0.6) is 5.75 Å². The lowest BCUT2D eigenvalue weighted by atomic mass is 9.96. The molecule has 1 N–H and O–H groups in total. The summed E-state index contributed by atoms with van der Waals surface area (Å²) in [6.07, 6.45) is 0.109. The first-order chi connectivity index (χ1) is 11.6. The maximum atomic E-state index is 14.0. The Balaban J connectivity index is 2.35. The van der Waals surface area contributed by atoms with Crippen LogP contribution < -0.4 is 9.46 Å². The Bertz CT molecular complexity index is 732. The molecule has 0 amide bonds. The molecule has 0 spiro atoms. The first kappa shape index (κ1) is 19.6. The normalized spacial score (nSPS) is 21.8. The molecule has 25 heavy (non-hydrogen) atoms. The molecule has 0 aliphatic carbocycles. The molecule has 3 atom stereocenters. The number of azide groups is 1. The van der Waals surface area contributed by atoms with E-state index in [0.717, 1.165) is 0 Å². The maximum Gasteiger partial charge on any atom is 0.147 e. The average Bonchev–Trinajstić information content (AvgIpc) is 2.90. The van der Waals surface area contributed by atoms with Gasteiger partial charge in [-0.05, 0) is 45.4 Å². The number of benzene rings is 1. The molecule has 0 fully saturated rings. The van der Waals surface area contributed by atoms with Crippen molar-refractivity contribution in [2.45, 2.75) is 50.5 Å². The molecule has 0 saturated carbocycles. The van der Waals surface area contributed by atoms with Crippen molar-refractivity contribution in [3.8, 4) is 5.75 Å². The van der Waals surface area contributed by atoms with E-state index >= 15 is 0 Å². The summed E-state index contributed by atoms with van der Waals surface area (Å²) in [5, 5.41) is 3.42. The van der Waals surface area contributed by atoms with Gasteiger partial charge in [-0.1, -0.05) is 5.11 Å². The van der Waals surface area contributed by atoms with Crippen molar-refractivity contribution in [1.29, 1.82) is 0 Å². The van der Waals surface area contributed by atoms with Crippen molar-refractivity contribution < 1.29 is 17.7 Å². The van der Waals surface area contributed by atoms with Crippen molar-refractivity contribution >= 4 is 11.0 Å². The highest BCUT2D eigenvalue weighted by Crippen LogP contribution is 2.41. The van der Waals surface area contributed by atoms with Gasteiger partial charge in [-0.2, -0.15) is 0 Å². The summed E-state index contributed by atoms with van der Waals surface area (Å²) in [4.78, 5) is 2.65. The lowest BCUT2D eigenvalue weighted by molar-refractivity contribution is 0.0719. The molecule has 1 unspecified atom stereocenters. The Morgan fingerprint density at radius 1 is 1.52 bits per heavy atom. The van der Waals surface area contributed by atoms with Gasteiger partial charge in [-0.15, -0.1) is 0 Å².